The minimum Gasteiger partial charge on any atom is -0.353 e. The van der Waals surface area contributed by atoms with Crippen LogP contribution in [0.4, 0.5) is 0 Å². The number of hydrogen-bond donors (Lipinski definition) is 1. The van der Waals surface area contributed by atoms with Crippen molar-refractivity contribution < 1.29 is 0 Å². The lowest BCUT2D eigenvalue weighted by molar-refractivity contribution is 1.21. The minimum absolute atomic E-state index is 1.19. The van der Waals surface area contributed by atoms with Gasteiger partial charge in [0.2, 0.25) is 0 Å². The molecule has 0 bridgehead atoms. The number of hydrogen-bond acceptors (Lipinski definition) is 0. The molecule has 2 heterocycles. The van der Waals surface area contributed by atoms with E-state index < -0.39 is 0 Å². The summed E-state index contributed by atoms with van der Waals surface area (Å²) in [6, 6.07) is 22.0. The molecule has 6 aromatic rings. The Morgan fingerprint density at radius 3 is 1.87 bits per heavy atom. The van der Waals surface area contributed by atoms with Crippen LogP contribution in [0.5, 0.6) is 0 Å². The number of nitrogens with zero attached hydrogens (tertiary/aromatic N) is 1. The molecule has 142 valence electrons. The molecule has 0 atom stereocenters. The van der Waals surface area contributed by atoms with E-state index in [0.717, 1.165) is 0 Å². The molecule has 4 aromatic carbocycles. The van der Waals surface area contributed by atoms with E-state index in [9.17, 15) is 0 Å². The number of aromatic nitrogens is 2. The van der Waals surface area contributed by atoms with E-state index in [-0.39, 0.29) is 0 Å². The highest BCUT2D eigenvalue weighted by molar-refractivity contribution is 6.68. The SMILES string of the molecule is Bc1c(B)c(B)c(-n2c3ccccc3c3ccc4c5ccccc5[nH]c4c32)c(B)c1B. The molecule has 6 rings (SSSR count). The topological polar surface area (TPSA) is 20.7 Å². The Labute approximate surface area is 186 Å². The molecule has 2 aromatic heterocycles. The molecule has 0 radical (unpaired) electrons. The number of benzene rings is 4. The second kappa shape index (κ2) is 6.40. The van der Waals surface area contributed by atoms with Gasteiger partial charge in [0.1, 0.15) is 39.2 Å². The first-order valence-electron chi connectivity index (χ1n) is 11.0. The third-order valence-electron chi connectivity index (χ3n) is 7.50. The molecule has 0 amide bonds. The smallest absolute Gasteiger partial charge is 0.141 e. The fraction of sp³-hybridized carbons (Fsp3) is 0. The van der Waals surface area contributed by atoms with E-state index in [2.05, 4.69) is 109 Å². The first-order valence-corrected chi connectivity index (χ1v) is 11.0. The maximum Gasteiger partial charge on any atom is 0.141 e. The lowest BCUT2D eigenvalue weighted by atomic mass is 9.61. The van der Waals surface area contributed by atoms with E-state index in [1.807, 2.05) is 0 Å². The van der Waals surface area contributed by atoms with Crippen LogP contribution >= 0.6 is 0 Å². The summed E-state index contributed by atoms with van der Waals surface area (Å²) in [6.45, 7) is 0. The van der Waals surface area contributed by atoms with Crippen LogP contribution in [-0.2, 0) is 0 Å². The summed E-state index contributed by atoms with van der Waals surface area (Å²) in [7, 11) is 11.3. The van der Waals surface area contributed by atoms with Gasteiger partial charge in [0.15, 0.2) is 0 Å². The van der Waals surface area contributed by atoms with Gasteiger partial charge >= 0.3 is 0 Å². The maximum atomic E-state index is 3.75. The van der Waals surface area contributed by atoms with Gasteiger partial charge in [-0.05, 0) is 12.1 Å². The minimum atomic E-state index is 1.19. The van der Waals surface area contributed by atoms with Crippen molar-refractivity contribution in [2.45, 2.75) is 0 Å². The summed E-state index contributed by atoms with van der Waals surface area (Å²) in [6.07, 6.45) is 0. The molecule has 7 heteroatoms. The van der Waals surface area contributed by atoms with Crippen LogP contribution in [0.1, 0.15) is 0 Å². The fourth-order valence-electron chi connectivity index (χ4n) is 5.42. The second-order valence-electron chi connectivity index (χ2n) is 8.88. The third kappa shape index (κ3) is 2.35. The van der Waals surface area contributed by atoms with Crippen molar-refractivity contribution in [1.29, 1.82) is 0 Å². The molecular formula is C24H21B5N2. The summed E-state index contributed by atoms with van der Waals surface area (Å²) >= 11 is 0. The Kier molecular flexibility index (Phi) is 3.83. The van der Waals surface area contributed by atoms with Crippen LogP contribution < -0.4 is 27.3 Å². The second-order valence-corrected chi connectivity index (χ2v) is 8.88. The first-order chi connectivity index (χ1) is 15.0. The van der Waals surface area contributed by atoms with Crippen LogP contribution in [0.2, 0.25) is 0 Å². The van der Waals surface area contributed by atoms with Crippen molar-refractivity contribution in [3.63, 3.8) is 0 Å². The molecule has 0 spiro atoms. The highest BCUT2D eigenvalue weighted by Gasteiger charge is 2.20. The average molecular weight is 392 g/mol. The molecule has 0 aliphatic heterocycles. The van der Waals surface area contributed by atoms with Gasteiger partial charge in [0.25, 0.3) is 0 Å². The van der Waals surface area contributed by atoms with Gasteiger partial charge < -0.3 is 9.55 Å². The molecular weight excluding hydrogens is 370 g/mol. The predicted octanol–water partition coefficient (Wildman–Crippen LogP) is -2.29. The van der Waals surface area contributed by atoms with Gasteiger partial charge in [-0.2, -0.15) is 0 Å². The molecule has 0 aliphatic rings. The monoisotopic (exact) mass is 392 g/mol. The normalized spacial score (nSPS) is 11.9. The molecule has 0 fully saturated rings. The Bertz CT molecular complexity index is 1660. The predicted molar refractivity (Wildman–Crippen MR) is 151 cm³/mol. The molecule has 0 saturated carbocycles. The van der Waals surface area contributed by atoms with Crippen molar-refractivity contribution in [1.82, 2.24) is 9.55 Å². The van der Waals surface area contributed by atoms with Crippen molar-refractivity contribution in [2.24, 2.45) is 0 Å². The number of nitrogens with one attached hydrogen (secondary N) is 1. The van der Waals surface area contributed by atoms with Gasteiger partial charge in [-0.1, -0.05) is 70.4 Å². The maximum absolute atomic E-state index is 3.75. The molecule has 0 saturated heterocycles. The molecule has 2 nitrogen and oxygen atoms in total. The van der Waals surface area contributed by atoms with E-state index in [4.69, 9.17) is 0 Å². The summed E-state index contributed by atoms with van der Waals surface area (Å²) in [5.74, 6) is 0. The highest BCUT2D eigenvalue weighted by Crippen LogP contribution is 2.37. The summed E-state index contributed by atoms with van der Waals surface area (Å²) < 4.78 is 2.51. The highest BCUT2D eigenvalue weighted by atomic mass is 15.0. The number of H-pyrrole nitrogens is 1. The standard InChI is InChI=1S/C24H21B5N2/c25-17-18(26)20(28)24(21(29)19(17)27)31-16-8-4-2-6-12(16)14-10-9-13-11-5-1-3-7-15(11)30-22(13)23(14)31/h1-10,30H,25-29H2. The lowest BCUT2D eigenvalue weighted by Crippen LogP contribution is -2.56. The Hall–Kier alpha value is -3.20. The molecule has 1 N–H and O–H groups in total. The van der Waals surface area contributed by atoms with Crippen LogP contribution in [0.3, 0.4) is 0 Å². The van der Waals surface area contributed by atoms with Crippen LogP contribution in [0.15, 0.2) is 60.7 Å². The quantitative estimate of drug-likeness (QED) is 0.305. The Morgan fingerprint density at radius 1 is 0.548 bits per heavy atom. The number of aromatic amines is 1. The van der Waals surface area contributed by atoms with Crippen molar-refractivity contribution in [3.05, 3.63) is 60.7 Å². The van der Waals surface area contributed by atoms with Crippen molar-refractivity contribution in [2.75, 3.05) is 0 Å². The van der Waals surface area contributed by atoms with Crippen LogP contribution in [0, 0.1) is 0 Å². The molecule has 0 aliphatic carbocycles. The van der Waals surface area contributed by atoms with Gasteiger partial charge in [0.05, 0.1) is 16.6 Å². The zero-order chi connectivity index (χ0) is 21.4. The zero-order valence-corrected chi connectivity index (χ0v) is 18.7. The third-order valence-corrected chi connectivity index (χ3v) is 7.50. The van der Waals surface area contributed by atoms with Gasteiger partial charge in [0, 0.05) is 32.7 Å². The average Bonchev–Trinajstić information content (AvgIpc) is 3.33. The Balaban J connectivity index is 1.92. The Morgan fingerprint density at radius 2 is 1.13 bits per heavy atom. The summed E-state index contributed by atoms with van der Waals surface area (Å²) in [4.78, 5) is 3.75. The van der Waals surface area contributed by atoms with E-state index in [1.165, 1.54) is 76.6 Å². The number of para-hydroxylation sites is 2. The number of rotatable bonds is 1. The van der Waals surface area contributed by atoms with Crippen molar-refractivity contribution >= 4 is 110 Å². The first kappa shape index (κ1) is 18.6. The zero-order valence-electron chi connectivity index (χ0n) is 18.7. The molecule has 0 unspecified atom stereocenters. The van der Waals surface area contributed by atoms with Crippen LogP contribution in [0.25, 0.3) is 49.3 Å². The van der Waals surface area contributed by atoms with Gasteiger partial charge in [-0.3, -0.25) is 0 Å². The fourth-order valence-corrected chi connectivity index (χ4v) is 5.42. The number of fused-ring (bicyclic) bond motifs is 7. The van der Waals surface area contributed by atoms with Crippen LogP contribution in [-0.4, -0.2) is 48.8 Å². The van der Waals surface area contributed by atoms with Crippen molar-refractivity contribution in [3.8, 4) is 5.69 Å². The summed E-state index contributed by atoms with van der Waals surface area (Å²) in [5.41, 5.74) is 13.1. The van der Waals surface area contributed by atoms with Gasteiger partial charge in [-0.15, -0.1) is 5.46 Å². The van der Waals surface area contributed by atoms with E-state index >= 15 is 0 Å². The van der Waals surface area contributed by atoms with E-state index in [1.54, 1.807) is 0 Å². The largest absolute Gasteiger partial charge is 0.353 e. The lowest BCUT2D eigenvalue weighted by Gasteiger charge is -2.22. The van der Waals surface area contributed by atoms with Gasteiger partial charge in [-0.25, -0.2) is 0 Å². The summed E-state index contributed by atoms with van der Waals surface area (Å²) in [5, 5.41) is 5.15. The molecule has 31 heavy (non-hydrogen) atoms. The van der Waals surface area contributed by atoms with E-state index in [0.29, 0.717) is 0 Å².